The van der Waals surface area contributed by atoms with Crippen LogP contribution in [0.5, 0.6) is 5.75 Å². The first-order valence-electron chi connectivity index (χ1n) is 8.19. The molecule has 0 unspecified atom stereocenters. The molecule has 0 aliphatic heterocycles. The Hall–Kier alpha value is -1.31. The molecule has 0 spiro atoms. The van der Waals surface area contributed by atoms with Gasteiger partial charge < -0.3 is 4.74 Å². The van der Waals surface area contributed by atoms with E-state index >= 15 is 0 Å². The van der Waals surface area contributed by atoms with Crippen molar-refractivity contribution < 1.29 is 4.74 Å². The second kappa shape index (κ2) is 8.86. The van der Waals surface area contributed by atoms with Crippen LogP contribution in [-0.2, 0) is 6.42 Å². The number of aryl methyl sites for hydroxylation is 1. The molecule has 1 aromatic rings. The molecule has 0 aromatic heterocycles. The van der Waals surface area contributed by atoms with E-state index in [9.17, 15) is 0 Å². The molecule has 0 bridgehead atoms. The fourth-order valence-corrected chi connectivity index (χ4v) is 2.70. The van der Waals surface area contributed by atoms with Crippen LogP contribution in [0.25, 0.3) is 0 Å². The third kappa shape index (κ3) is 5.53. The summed E-state index contributed by atoms with van der Waals surface area (Å²) in [5, 5.41) is 0. The zero-order valence-corrected chi connectivity index (χ0v) is 14.5. The summed E-state index contributed by atoms with van der Waals surface area (Å²) < 4.78 is 5.35. The summed E-state index contributed by atoms with van der Waals surface area (Å²) in [4.78, 5) is 4.85. The molecule has 0 aliphatic carbocycles. The van der Waals surface area contributed by atoms with Crippen LogP contribution in [0.4, 0.5) is 0 Å². The fraction of sp³-hybridized carbons (Fsp3) is 0.632. The van der Waals surface area contributed by atoms with Gasteiger partial charge in [0.25, 0.3) is 0 Å². The molecular weight excluding hydrogens is 258 g/mol. The maximum atomic E-state index is 5.35. The van der Waals surface area contributed by atoms with Crippen molar-refractivity contribution in [2.45, 2.75) is 59.9 Å². The largest absolute Gasteiger partial charge is 0.497 e. The van der Waals surface area contributed by atoms with Crippen molar-refractivity contribution in [1.29, 1.82) is 0 Å². The number of methoxy groups -OCH3 is 1. The number of nitrogens with zero attached hydrogens (tertiary/aromatic N) is 1. The van der Waals surface area contributed by atoms with Crippen molar-refractivity contribution in [3.8, 4) is 5.75 Å². The lowest BCUT2D eigenvalue weighted by molar-refractivity contribution is 0.390. The highest BCUT2D eigenvalue weighted by Crippen LogP contribution is 2.20. The summed E-state index contributed by atoms with van der Waals surface area (Å²) in [7, 11) is 1.72. The van der Waals surface area contributed by atoms with Gasteiger partial charge in [-0.25, -0.2) is 0 Å². The molecule has 0 N–H and O–H groups in total. The number of hydrogen-bond donors (Lipinski definition) is 0. The quantitative estimate of drug-likeness (QED) is 0.607. The minimum atomic E-state index is 0.381. The Bertz CT molecular complexity index is 441. The van der Waals surface area contributed by atoms with Crippen LogP contribution < -0.4 is 4.74 Å². The van der Waals surface area contributed by atoms with Crippen molar-refractivity contribution in [2.24, 2.45) is 16.8 Å². The van der Waals surface area contributed by atoms with E-state index in [1.54, 1.807) is 7.11 Å². The normalized spacial score (nSPS) is 12.0. The van der Waals surface area contributed by atoms with E-state index in [0.29, 0.717) is 17.9 Å². The molecule has 0 fully saturated rings. The molecule has 118 valence electrons. The van der Waals surface area contributed by atoms with Gasteiger partial charge in [0.2, 0.25) is 0 Å². The molecule has 0 heterocycles. The van der Waals surface area contributed by atoms with E-state index in [4.69, 9.17) is 9.73 Å². The topological polar surface area (TPSA) is 21.6 Å². The predicted molar refractivity (Wildman–Crippen MR) is 92.7 cm³/mol. The molecule has 0 saturated heterocycles. The van der Waals surface area contributed by atoms with Crippen molar-refractivity contribution in [3.63, 3.8) is 0 Å². The minimum absolute atomic E-state index is 0.381. The van der Waals surface area contributed by atoms with Crippen molar-refractivity contribution in [1.82, 2.24) is 0 Å². The van der Waals surface area contributed by atoms with Crippen LogP contribution in [0.15, 0.2) is 23.2 Å². The molecule has 0 aliphatic rings. The molecule has 0 amide bonds. The number of ether oxygens (including phenoxy) is 1. The highest BCUT2D eigenvalue weighted by molar-refractivity contribution is 5.82. The number of aliphatic imine (C=N–C) groups is 1. The van der Waals surface area contributed by atoms with E-state index < -0.39 is 0 Å². The van der Waals surface area contributed by atoms with Crippen molar-refractivity contribution in [2.75, 3.05) is 7.11 Å². The number of rotatable bonds is 8. The highest BCUT2D eigenvalue weighted by atomic mass is 16.5. The van der Waals surface area contributed by atoms with Gasteiger partial charge in [0.05, 0.1) is 13.2 Å². The Morgan fingerprint density at radius 3 is 2.33 bits per heavy atom. The van der Waals surface area contributed by atoms with Crippen molar-refractivity contribution in [3.05, 3.63) is 29.3 Å². The molecular formula is C19H31NO. The van der Waals surface area contributed by atoms with Crippen LogP contribution >= 0.6 is 0 Å². The summed E-state index contributed by atoms with van der Waals surface area (Å²) >= 11 is 0. The van der Waals surface area contributed by atoms with Gasteiger partial charge in [-0.05, 0) is 54.0 Å². The Kier molecular flexibility index (Phi) is 7.49. The molecule has 0 radical (unpaired) electrons. The third-order valence-electron chi connectivity index (χ3n) is 3.90. The van der Waals surface area contributed by atoms with Crippen LogP contribution in [0.1, 0.15) is 58.6 Å². The van der Waals surface area contributed by atoms with Gasteiger partial charge in [0.15, 0.2) is 0 Å². The lowest BCUT2D eigenvalue weighted by Crippen LogP contribution is -2.20. The summed E-state index contributed by atoms with van der Waals surface area (Å²) in [6.45, 7) is 11.2. The Morgan fingerprint density at radius 1 is 1.14 bits per heavy atom. The maximum Gasteiger partial charge on any atom is 0.119 e. The van der Waals surface area contributed by atoms with Gasteiger partial charge in [-0.2, -0.15) is 0 Å². The lowest BCUT2D eigenvalue weighted by Gasteiger charge is -2.20. The third-order valence-corrected chi connectivity index (χ3v) is 3.90. The first-order valence-corrected chi connectivity index (χ1v) is 8.19. The summed E-state index contributed by atoms with van der Waals surface area (Å²) in [5.41, 5.74) is 2.57. The zero-order chi connectivity index (χ0) is 15.8. The van der Waals surface area contributed by atoms with Crippen LogP contribution in [-0.4, -0.2) is 19.4 Å². The van der Waals surface area contributed by atoms with Gasteiger partial charge in [0.1, 0.15) is 5.75 Å². The second-order valence-electron chi connectivity index (χ2n) is 6.43. The van der Waals surface area contributed by atoms with Gasteiger partial charge >= 0.3 is 0 Å². The molecule has 1 aromatic carbocycles. The maximum absolute atomic E-state index is 5.35. The predicted octanol–water partition coefficient (Wildman–Crippen LogP) is 5.14. The smallest absolute Gasteiger partial charge is 0.119 e. The Labute approximate surface area is 130 Å². The van der Waals surface area contributed by atoms with Gasteiger partial charge in [-0.15, -0.1) is 0 Å². The second-order valence-corrected chi connectivity index (χ2v) is 6.43. The molecule has 1 rings (SSSR count). The molecule has 0 saturated carbocycles. The molecule has 0 atom stereocenters. The van der Waals surface area contributed by atoms with Crippen LogP contribution in [0, 0.1) is 11.8 Å². The lowest BCUT2D eigenvalue weighted by atomic mass is 9.94. The van der Waals surface area contributed by atoms with Crippen LogP contribution in [0.2, 0.25) is 0 Å². The molecule has 2 heteroatoms. The zero-order valence-electron chi connectivity index (χ0n) is 14.5. The summed E-state index contributed by atoms with van der Waals surface area (Å²) in [5.74, 6) is 2.07. The Balaban J connectivity index is 2.99. The average molecular weight is 289 g/mol. The number of unbranched alkanes of at least 4 members (excludes halogenated alkanes) is 1. The molecule has 2 nitrogen and oxygen atoms in total. The van der Waals surface area contributed by atoms with E-state index in [1.165, 1.54) is 24.0 Å². The Morgan fingerprint density at radius 2 is 1.81 bits per heavy atom. The monoisotopic (exact) mass is 289 g/mol. The van der Waals surface area contributed by atoms with E-state index in [-0.39, 0.29) is 0 Å². The number of benzene rings is 1. The number of hydrogen-bond acceptors (Lipinski definition) is 2. The first kappa shape index (κ1) is 17.7. The SMILES string of the molecule is CCCCc1cc(OC)ccc1C=NC(C(C)C)C(C)C. The summed E-state index contributed by atoms with van der Waals surface area (Å²) in [6, 6.07) is 6.68. The van der Waals surface area contributed by atoms with Gasteiger partial charge in [-0.3, -0.25) is 4.99 Å². The molecule has 21 heavy (non-hydrogen) atoms. The van der Waals surface area contributed by atoms with E-state index in [2.05, 4.69) is 53.0 Å². The highest BCUT2D eigenvalue weighted by Gasteiger charge is 2.15. The van der Waals surface area contributed by atoms with Crippen molar-refractivity contribution >= 4 is 6.21 Å². The van der Waals surface area contributed by atoms with E-state index in [0.717, 1.165) is 12.2 Å². The van der Waals surface area contributed by atoms with Gasteiger partial charge in [-0.1, -0.05) is 41.0 Å². The summed E-state index contributed by atoms with van der Waals surface area (Å²) in [6.07, 6.45) is 5.55. The van der Waals surface area contributed by atoms with E-state index in [1.807, 2.05) is 6.07 Å². The standard InChI is InChI=1S/C19H31NO/c1-7-8-9-16-12-18(21-6)11-10-17(16)13-20-19(14(2)3)15(4)5/h10-15,19H,7-9H2,1-6H3. The fourth-order valence-electron chi connectivity index (χ4n) is 2.70. The van der Waals surface area contributed by atoms with Gasteiger partial charge in [0, 0.05) is 6.21 Å². The minimum Gasteiger partial charge on any atom is -0.497 e. The first-order chi connectivity index (χ1) is 9.99. The average Bonchev–Trinajstić information content (AvgIpc) is 2.45. The van der Waals surface area contributed by atoms with Crippen LogP contribution in [0.3, 0.4) is 0 Å².